The summed E-state index contributed by atoms with van der Waals surface area (Å²) in [6.45, 7) is 3.47. The molecule has 0 fully saturated rings. The van der Waals surface area contributed by atoms with Crippen molar-refractivity contribution in [3.8, 4) is 0 Å². The smallest absolute Gasteiger partial charge is 0.233 e. The predicted molar refractivity (Wildman–Crippen MR) is 84.6 cm³/mol. The Labute approximate surface area is 137 Å². The maximum absolute atomic E-state index is 13.2. The van der Waals surface area contributed by atoms with Crippen molar-refractivity contribution in [3.05, 3.63) is 65.5 Å². The zero-order valence-electron chi connectivity index (χ0n) is 12.6. The number of amides is 1. The summed E-state index contributed by atoms with van der Waals surface area (Å²) < 4.78 is 39.0. The minimum atomic E-state index is -0.942. The van der Waals surface area contributed by atoms with Crippen LogP contribution in [0.2, 0.25) is 0 Å². The van der Waals surface area contributed by atoms with Gasteiger partial charge in [0.15, 0.2) is 11.6 Å². The second-order valence-electron chi connectivity index (χ2n) is 5.12. The first-order chi connectivity index (χ1) is 10.9. The van der Waals surface area contributed by atoms with Crippen molar-refractivity contribution in [3.63, 3.8) is 0 Å². The van der Waals surface area contributed by atoms with Gasteiger partial charge in [0.2, 0.25) is 5.91 Å². The number of carbonyl (C=O) groups is 1. The normalized spacial score (nSPS) is 13.4. The van der Waals surface area contributed by atoms with E-state index in [9.17, 15) is 18.0 Å². The first-order valence-corrected chi connectivity index (χ1v) is 7.92. The van der Waals surface area contributed by atoms with E-state index < -0.39 is 16.9 Å². The number of carbonyl (C=O) groups excluding carboxylic acids is 1. The van der Waals surface area contributed by atoms with Crippen molar-refractivity contribution in [2.75, 3.05) is 0 Å². The molecule has 0 bridgehead atoms. The molecule has 23 heavy (non-hydrogen) atoms. The maximum Gasteiger partial charge on any atom is 0.233 e. The molecule has 0 aliphatic heterocycles. The molecule has 0 aliphatic rings. The summed E-state index contributed by atoms with van der Waals surface area (Å²) in [6.07, 6.45) is 0. The van der Waals surface area contributed by atoms with Crippen LogP contribution in [-0.2, 0) is 4.79 Å². The molecule has 2 atom stereocenters. The lowest BCUT2D eigenvalue weighted by atomic mass is 10.1. The zero-order chi connectivity index (χ0) is 17.0. The SMILES string of the molecule is C[C@@H](Sc1ccc(F)c(F)c1)C(=O)N[C@H](C)c1ccc(F)cc1. The van der Waals surface area contributed by atoms with Crippen LogP contribution in [0.15, 0.2) is 47.4 Å². The van der Waals surface area contributed by atoms with Gasteiger partial charge in [0.1, 0.15) is 5.82 Å². The van der Waals surface area contributed by atoms with E-state index in [1.165, 1.54) is 18.2 Å². The van der Waals surface area contributed by atoms with Gasteiger partial charge in [0, 0.05) is 4.90 Å². The van der Waals surface area contributed by atoms with Crippen molar-refractivity contribution in [2.45, 2.75) is 30.0 Å². The molecule has 0 aromatic heterocycles. The molecule has 122 valence electrons. The van der Waals surface area contributed by atoms with E-state index in [2.05, 4.69) is 5.32 Å². The number of nitrogens with one attached hydrogen (secondary N) is 1. The average molecular weight is 339 g/mol. The van der Waals surface area contributed by atoms with E-state index in [4.69, 9.17) is 0 Å². The lowest BCUT2D eigenvalue weighted by molar-refractivity contribution is -0.120. The highest BCUT2D eigenvalue weighted by atomic mass is 32.2. The summed E-state index contributed by atoms with van der Waals surface area (Å²) in [5.41, 5.74) is 0.782. The second kappa shape index (κ2) is 7.55. The van der Waals surface area contributed by atoms with Crippen molar-refractivity contribution in [1.29, 1.82) is 0 Å². The van der Waals surface area contributed by atoms with E-state index in [0.29, 0.717) is 4.90 Å². The molecule has 0 spiro atoms. The van der Waals surface area contributed by atoms with Crippen molar-refractivity contribution < 1.29 is 18.0 Å². The highest BCUT2D eigenvalue weighted by molar-refractivity contribution is 8.00. The van der Waals surface area contributed by atoms with Crippen LogP contribution < -0.4 is 5.32 Å². The number of hydrogen-bond acceptors (Lipinski definition) is 2. The Balaban J connectivity index is 1.96. The van der Waals surface area contributed by atoms with E-state index in [1.807, 2.05) is 0 Å². The number of halogens is 3. The minimum absolute atomic E-state index is 0.239. The van der Waals surface area contributed by atoms with E-state index >= 15 is 0 Å². The number of benzene rings is 2. The Bertz CT molecular complexity index is 691. The number of thioether (sulfide) groups is 1. The van der Waals surface area contributed by atoms with Gasteiger partial charge in [-0.3, -0.25) is 4.79 Å². The van der Waals surface area contributed by atoms with E-state index in [-0.39, 0.29) is 17.8 Å². The topological polar surface area (TPSA) is 29.1 Å². The largest absolute Gasteiger partial charge is 0.349 e. The first-order valence-electron chi connectivity index (χ1n) is 7.04. The molecule has 1 amide bonds. The monoisotopic (exact) mass is 339 g/mol. The number of hydrogen-bond donors (Lipinski definition) is 1. The van der Waals surface area contributed by atoms with Gasteiger partial charge in [-0.15, -0.1) is 11.8 Å². The molecule has 2 aromatic rings. The fraction of sp³-hybridized carbons (Fsp3) is 0.235. The Kier molecular flexibility index (Phi) is 5.71. The lowest BCUT2D eigenvalue weighted by Gasteiger charge is -2.18. The summed E-state index contributed by atoms with van der Waals surface area (Å²) >= 11 is 1.14. The molecule has 0 unspecified atom stereocenters. The molecule has 0 heterocycles. The van der Waals surface area contributed by atoms with Gasteiger partial charge in [-0.1, -0.05) is 12.1 Å². The van der Waals surface area contributed by atoms with Gasteiger partial charge in [-0.2, -0.15) is 0 Å². The fourth-order valence-corrected chi connectivity index (χ4v) is 2.87. The highest BCUT2D eigenvalue weighted by Gasteiger charge is 2.18. The predicted octanol–water partition coefficient (Wildman–Crippen LogP) is 4.46. The van der Waals surface area contributed by atoms with Crippen LogP contribution in [0.5, 0.6) is 0 Å². The van der Waals surface area contributed by atoms with Crippen LogP contribution in [0.3, 0.4) is 0 Å². The fourth-order valence-electron chi connectivity index (χ4n) is 1.97. The molecule has 0 saturated carbocycles. The quantitative estimate of drug-likeness (QED) is 0.815. The first kappa shape index (κ1) is 17.4. The van der Waals surface area contributed by atoms with Gasteiger partial charge in [0.25, 0.3) is 0 Å². The second-order valence-corrected chi connectivity index (χ2v) is 6.53. The molecule has 0 radical (unpaired) electrons. The Morgan fingerprint density at radius 1 is 1.00 bits per heavy atom. The molecule has 0 aliphatic carbocycles. The molecule has 1 N–H and O–H groups in total. The third-order valence-corrected chi connectivity index (χ3v) is 4.40. The Morgan fingerprint density at radius 3 is 2.26 bits per heavy atom. The summed E-state index contributed by atoms with van der Waals surface area (Å²) in [7, 11) is 0. The van der Waals surface area contributed by atoms with Crippen LogP contribution in [0.4, 0.5) is 13.2 Å². The number of rotatable bonds is 5. The van der Waals surface area contributed by atoms with Gasteiger partial charge in [0.05, 0.1) is 11.3 Å². The zero-order valence-corrected chi connectivity index (χ0v) is 13.5. The molecule has 2 rings (SSSR count). The summed E-state index contributed by atoms with van der Waals surface area (Å²) in [6, 6.07) is 9.11. The van der Waals surface area contributed by atoms with Crippen LogP contribution in [0.25, 0.3) is 0 Å². The Morgan fingerprint density at radius 2 is 1.65 bits per heavy atom. The van der Waals surface area contributed by atoms with Crippen LogP contribution in [0.1, 0.15) is 25.5 Å². The molecule has 2 nitrogen and oxygen atoms in total. The van der Waals surface area contributed by atoms with E-state index in [0.717, 1.165) is 29.5 Å². The molecule has 2 aromatic carbocycles. The van der Waals surface area contributed by atoms with Gasteiger partial charge in [-0.05, 0) is 49.7 Å². The van der Waals surface area contributed by atoms with Crippen molar-refractivity contribution >= 4 is 17.7 Å². The van der Waals surface area contributed by atoms with E-state index in [1.54, 1.807) is 26.0 Å². The van der Waals surface area contributed by atoms with Gasteiger partial charge in [-0.25, -0.2) is 13.2 Å². The van der Waals surface area contributed by atoms with Gasteiger partial charge < -0.3 is 5.32 Å². The molecule has 6 heteroatoms. The summed E-state index contributed by atoms with van der Waals surface area (Å²) in [4.78, 5) is 12.6. The summed E-state index contributed by atoms with van der Waals surface area (Å²) in [5, 5.41) is 2.33. The lowest BCUT2D eigenvalue weighted by Crippen LogP contribution is -2.33. The van der Waals surface area contributed by atoms with Gasteiger partial charge >= 0.3 is 0 Å². The molecular formula is C17H16F3NOS. The Hall–Kier alpha value is -1.95. The maximum atomic E-state index is 13.2. The third-order valence-electron chi connectivity index (χ3n) is 3.30. The van der Waals surface area contributed by atoms with Crippen molar-refractivity contribution in [2.24, 2.45) is 0 Å². The minimum Gasteiger partial charge on any atom is -0.349 e. The molecule has 0 saturated heterocycles. The highest BCUT2D eigenvalue weighted by Crippen LogP contribution is 2.25. The average Bonchev–Trinajstić information content (AvgIpc) is 2.51. The van der Waals surface area contributed by atoms with Crippen LogP contribution in [0, 0.1) is 17.5 Å². The molecular weight excluding hydrogens is 323 g/mol. The van der Waals surface area contributed by atoms with Crippen LogP contribution in [-0.4, -0.2) is 11.2 Å². The summed E-state index contributed by atoms with van der Waals surface area (Å²) in [5.74, 6) is -2.44. The van der Waals surface area contributed by atoms with Crippen LogP contribution >= 0.6 is 11.8 Å². The van der Waals surface area contributed by atoms with Crippen molar-refractivity contribution in [1.82, 2.24) is 5.32 Å². The standard InChI is InChI=1S/C17H16F3NOS/c1-10(12-3-5-13(18)6-4-12)21-17(22)11(2)23-14-7-8-15(19)16(20)9-14/h3-11H,1-2H3,(H,21,22)/t10-,11-/m1/s1. The third kappa shape index (κ3) is 4.76.